The van der Waals surface area contributed by atoms with Gasteiger partial charge in [0.1, 0.15) is 23.0 Å². The Kier molecular flexibility index (Phi) is 4.71. The van der Waals surface area contributed by atoms with Gasteiger partial charge in [-0.05, 0) is 36.4 Å². The smallest absolute Gasteiger partial charge is 0.126 e. The second-order valence-electron chi connectivity index (χ2n) is 4.95. The molecule has 2 heterocycles. The van der Waals surface area contributed by atoms with Gasteiger partial charge in [-0.2, -0.15) is 0 Å². The van der Waals surface area contributed by atoms with Crippen molar-refractivity contribution in [2.75, 3.05) is 5.75 Å². The Labute approximate surface area is 140 Å². The Morgan fingerprint density at radius 2 is 1.67 bits per heavy atom. The highest BCUT2D eigenvalue weighted by Gasteiger charge is 2.13. The molecule has 3 rings (SSSR count). The van der Waals surface area contributed by atoms with E-state index in [9.17, 15) is 13.0 Å². The lowest BCUT2D eigenvalue weighted by molar-refractivity contribution is 0.584. The van der Waals surface area contributed by atoms with E-state index in [1.165, 1.54) is 12.1 Å². The highest BCUT2D eigenvalue weighted by Crippen LogP contribution is 2.24. The molecular weight excluding hydrogens is 332 g/mol. The summed E-state index contributed by atoms with van der Waals surface area (Å²) < 4.78 is 38.7. The largest absolute Gasteiger partial charge is 0.254 e. The number of hydrogen-bond donors (Lipinski definition) is 0. The van der Waals surface area contributed by atoms with E-state index in [0.717, 1.165) is 6.07 Å². The van der Waals surface area contributed by atoms with E-state index in [1.54, 1.807) is 30.5 Å². The molecule has 7 heteroatoms. The fraction of sp³-hybridized carbons (Fsp3) is 0.118. The number of aromatic nitrogens is 3. The van der Waals surface area contributed by atoms with Crippen LogP contribution >= 0.6 is 0 Å². The maximum absolute atomic E-state index is 13.3. The average Bonchev–Trinajstić information content (AvgIpc) is 2.60. The standard InChI is InChI=1S/C17H13F2N3OS/c1-2-24(23)16-4-3-7-20-17(16)15-6-5-14(21-22-15)11-8-12(18)10-13(19)9-11/h3-10H,2H2,1H3. The number of rotatable bonds is 4. The van der Waals surface area contributed by atoms with Gasteiger partial charge in [-0.3, -0.25) is 9.19 Å². The molecule has 0 amide bonds. The lowest BCUT2D eigenvalue weighted by Gasteiger charge is -2.07. The molecule has 0 radical (unpaired) electrons. The molecule has 0 N–H and O–H groups in total. The van der Waals surface area contributed by atoms with Gasteiger partial charge < -0.3 is 0 Å². The molecule has 0 aliphatic rings. The topological polar surface area (TPSA) is 55.7 Å². The van der Waals surface area contributed by atoms with Crippen LogP contribution < -0.4 is 0 Å². The Morgan fingerprint density at radius 1 is 1.00 bits per heavy atom. The Balaban J connectivity index is 2.00. The molecule has 1 aromatic carbocycles. The van der Waals surface area contributed by atoms with E-state index in [1.807, 2.05) is 6.92 Å². The molecule has 122 valence electrons. The van der Waals surface area contributed by atoms with Crippen molar-refractivity contribution in [3.8, 4) is 22.6 Å². The van der Waals surface area contributed by atoms with Crippen molar-refractivity contribution >= 4 is 10.8 Å². The van der Waals surface area contributed by atoms with Crippen LogP contribution in [0.2, 0.25) is 0 Å². The molecule has 2 aromatic heterocycles. The summed E-state index contributed by atoms with van der Waals surface area (Å²) in [5, 5.41) is 8.08. The van der Waals surface area contributed by atoms with Crippen LogP contribution in [0.15, 0.2) is 53.6 Å². The maximum atomic E-state index is 13.3. The molecule has 0 fully saturated rings. The Hall–Kier alpha value is -2.54. The first-order chi connectivity index (χ1) is 11.6. The van der Waals surface area contributed by atoms with Gasteiger partial charge in [-0.25, -0.2) is 8.78 Å². The summed E-state index contributed by atoms with van der Waals surface area (Å²) in [5.41, 5.74) is 1.58. The van der Waals surface area contributed by atoms with Gasteiger partial charge in [0.2, 0.25) is 0 Å². The second-order valence-corrected chi connectivity index (χ2v) is 6.65. The number of benzene rings is 1. The first kappa shape index (κ1) is 16.3. The van der Waals surface area contributed by atoms with Crippen molar-refractivity contribution in [1.82, 2.24) is 15.2 Å². The second kappa shape index (κ2) is 6.92. The fourth-order valence-corrected chi connectivity index (χ4v) is 3.15. The fourth-order valence-electron chi connectivity index (χ4n) is 2.24. The maximum Gasteiger partial charge on any atom is 0.126 e. The van der Waals surface area contributed by atoms with Crippen LogP contribution in [0.5, 0.6) is 0 Å². The van der Waals surface area contributed by atoms with Crippen LogP contribution in [-0.2, 0) is 10.8 Å². The summed E-state index contributed by atoms with van der Waals surface area (Å²) >= 11 is 0. The molecule has 0 saturated carbocycles. The van der Waals surface area contributed by atoms with Crippen molar-refractivity contribution in [3.63, 3.8) is 0 Å². The predicted molar refractivity (Wildman–Crippen MR) is 87.6 cm³/mol. The molecule has 4 nitrogen and oxygen atoms in total. The minimum absolute atomic E-state index is 0.296. The van der Waals surface area contributed by atoms with Gasteiger partial charge in [0.15, 0.2) is 0 Å². The third-order valence-electron chi connectivity index (χ3n) is 3.34. The molecule has 24 heavy (non-hydrogen) atoms. The quantitative estimate of drug-likeness (QED) is 0.725. The van der Waals surface area contributed by atoms with Crippen LogP contribution in [0, 0.1) is 11.6 Å². The van der Waals surface area contributed by atoms with Crippen LogP contribution in [-0.4, -0.2) is 25.1 Å². The normalized spacial score (nSPS) is 12.1. The predicted octanol–water partition coefficient (Wildman–Crippen LogP) is 3.61. The molecule has 0 saturated heterocycles. The summed E-state index contributed by atoms with van der Waals surface area (Å²) in [5.74, 6) is -0.894. The number of pyridine rings is 1. The highest BCUT2D eigenvalue weighted by molar-refractivity contribution is 7.85. The van der Waals surface area contributed by atoms with E-state index < -0.39 is 22.4 Å². The van der Waals surface area contributed by atoms with Crippen molar-refractivity contribution in [1.29, 1.82) is 0 Å². The number of halogens is 2. The molecule has 0 aliphatic heterocycles. The average molecular weight is 345 g/mol. The molecule has 0 bridgehead atoms. The lowest BCUT2D eigenvalue weighted by Crippen LogP contribution is -2.01. The van der Waals surface area contributed by atoms with E-state index in [2.05, 4.69) is 15.2 Å². The third kappa shape index (κ3) is 3.35. The van der Waals surface area contributed by atoms with Crippen LogP contribution in [0.25, 0.3) is 22.6 Å². The first-order valence-corrected chi connectivity index (χ1v) is 8.54. The summed E-state index contributed by atoms with van der Waals surface area (Å²) in [7, 11) is -1.18. The van der Waals surface area contributed by atoms with Gasteiger partial charge in [0, 0.05) is 23.6 Å². The van der Waals surface area contributed by atoms with E-state index in [0.29, 0.717) is 33.3 Å². The zero-order chi connectivity index (χ0) is 17.1. The summed E-state index contributed by atoms with van der Waals surface area (Å²) in [6.07, 6.45) is 1.59. The first-order valence-electron chi connectivity index (χ1n) is 7.22. The van der Waals surface area contributed by atoms with Crippen LogP contribution in [0.4, 0.5) is 8.78 Å². The van der Waals surface area contributed by atoms with Gasteiger partial charge in [-0.15, -0.1) is 10.2 Å². The number of nitrogens with zero attached hydrogens (tertiary/aromatic N) is 3. The molecule has 1 unspecified atom stereocenters. The van der Waals surface area contributed by atoms with Gasteiger partial charge >= 0.3 is 0 Å². The third-order valence-corrected chi connectivity index (χ3v) is 4.69. The van der Waals surface area contributed by atoms with Crippen molar-refractivity contribution < 1.29 is 13.0 Å². The minimum Gasteiger partial charge on any atom is -0.254 e. The van der Waals surface area contributed by atoms with Gasteiger partial charge in [0.05, 0.1) is 21.4 Å². The van der Waals surface area contributed by atoms with Crippen LogP contribution in [0.3, 0.4) is 0 Å². The SMILES string of the molecule is CCS(=O)c1cccnc1-c1ccc(-c2cc(F)cc(F)c2)nn1. The molecule has 0 aliphatic carbocycles. The minimum atomic E-state index is -1.18. The molecular formula is C17H13F2N3OS. The zero-order valence-electron chi connectivity index (χ0n) is 12.7. The van der Waals surface area contributed by atoms with E-state index in [-0.39, 0.29) is 0 Å². The van der Waals surface area contributed by atoms with Crippen molar-refractivity contribution in [2.45, 2.75) is 11.8 Å². The Bertz CT molecular complexity index is 880. The number of hydrogen-bond acceptors (Lipinski definition) is 4. The lowest BCUT2D eigenvalue weighted by atomic mass is 10.1. The zero-order valence-corrected chi connectivity index (χ0v) is 13.6. The summed E-state index contributed by atoms with van der Waals surface area (Å²) in [4.78, 5) is 4.82. The molecule has 1 atom stereocenters. The van der Waals surface area contributed by atoms with E-state index >= 15 is 0 Å². The Morgan fingerprint density at radius 3 is 2.29 bits per heavy atom. The molecule has 3 aromatic rings. The summed E-state index contributed by atoms with van der Waals surface area (Å²) in [6.45, 7) is 1.82. The monoisotopic (exact) mass is 345 g/mol. The molecule has 0 spiro atoms. The van der Waals surface area contributed by atoms with E-state index in [4.69, 9.17) is 0 Å². The van der Waals surface area contributed by atoms with Crippen molar-refractivity contribution in [2.24, 2.45) is 0 Å². The van der Waals surface area contributed by atoms with Gasteiger partial charge in [-0.1, -0.05) is 6.92 Å². The van der Waals surface area contributed by atoms with Crippen molar-refractivity contribution in [3.05, 3.63) is 60.3 Å². The highest BCUT2D eigenvalue weighted by atomic mass is 32.2. The van der Waals surface area contributed by atoms with Gasteiger partial charge in [0.25, 0.3) is 0 Å². The van der Waals surface area contributed by atoms with Crippen LogP contribution in [0.1, 0.15) is 6.92 Å². The summed E-state index contributed by atoms with van der Waals surface area (Å²) in [6, 6.07) is 9.86.